The van der Waals surface area contributed by atoms with Crippen LogP contribution in [0.4, 0.5) is 0 Å². The second-order valence-corrected chi connectivity index (χ2v) is 3.40. The van der Waals surface area contributed by atoms with Crippen LogP contribution in [0.3, 0.4) is 0 Å². The van der Waals surface area contributed by atoms with Crippen molar-refractivity contribution in [3.05, 3.63) is 0 Å². The summed E-state index contributed by atoms with van der Waals surface area (Å²) in [4.78, 5) is 0. The van der Waals surface area contributed by atoms with Gasteiger partial charge < -0.3 is 19.3 Å². The molecule has 0 saturated heterocycles. The first-order valence-corrected chi connectivity index (χ1v) is 4.36. The van der Waals surface area contributed by atoms with Crippen LogP contribution in [0.1, 0.15) is 0 Å². The van der Waals surface area contributed by atoms with E-state index in [1.165, 1.54) is 0 Å². The Morgan fingerprint density at radius 3 is 1.20 bits per heavy atom. The summed E-state index contributed by atoms with van der Waals surface area (Å²) in [5, 5.41) is 16.8. The highest BCUT2D eigenvalue weighted by atomic mass is 32.2. The van der Waals surface area contributed by atoms with Gasteiger partial charge in [0.15, 0.2) is 33.0 Å². The maximum atomic E-state index is 9.90. The summed E-state index contributed by atoms with van der Waals surface area (Å²) in [5.74, 6) is 0. The first-order valence-electron chi connectivity index (χ1n) is 2.02. The molecule has 4 N–H and O–H groups in total. The summed E-state index contributed by atoms with van der Waals surface area (Å²) in [5.41, 5.74) is -4.21. The lowest BCUT2D eigenvalue weighted by Gasteiger charge is -2.08. The lowest BCUT2D eigenvalue weighted by atomic mass is 10.8. The largest absolute Gasteiger partial charge is 0.374 e. The molecule has 62 valence electrons. The third-order valence-corrected chi connectivity index (χ3v) is 2.17. The summed E-state index contributed by atoms with van der Waals surface area (Å²) in [7, 11) is 0. The zero-order valence-corrected chi connectivity index (χ0v) is 6.21. The zero-order valence-electron chi connectivity index (χ0n) is 4.58. The summed E-state index contributed by atoms with van der Waals surface area (Å²) < 4.78 is 35.9. The number of rotatable bonds is 3. The van der Waals surface area contributed by atoms with E-state index >= 15 is 0 Å². The molecule has 0 aromatic rings. The molecule has 4 atom stereocenters. The molecule has 0 saturated carbocycles. The molecule has 0 fully saturated rings. The summed E-state index contributed by atoms with van der Waals surface area (Å²) in [6.45, 7) is 0. The van der Waals surface area contributed by atoms with Crippen molar-refractivity contribution in [3.8, 4) is 0 Å². The molecule has 0 aromatic carbocycles. The van der Waals surface area contributed by atoms with Gasteiger partial charge in [0.25, 0.3) is 0 Å². The Hall–Kier alpha value is 0.140. The highest BCUT2D eigenvalue weighted by Crippen LogP contribution is 1.99. The minimum atomic E-state index is -2.71. The van der Waals surface area contributed by atoms with Crippen molar-refractivity contribution in [1.82, 2.24) is 0 Å². The van der Waals surface area contributed by atoms with E-state index in [0.717, 1.165) is 0 Å². The van der Waals surface area contributed by atoms with Crippen LogP contribution in [0.25, 0.3) is 0 Å². The quantitative estimate of drug-likeness (QED) is 0.385. The standard InChI is InChI=1S/C2H6O6S2/c3-1(9(5)6)2(4)10(7)8/h1-4H,(H,5,6)(H,7,8). The topological polar surface area (TPSA) is 115 Å². The lowest BCUT2D eigenvalue weighted by molar-refractivity contribution is 0.118. The van der Waals surface area contributed by atoms with Crippen LogP contribution in [0.5, 0.6) is 0 Å². The molecular weight excluding hydrogens is 184 g/mol. The number of hydrogen-bond donors (Lipinski definition) is 4. The van der Waals surface area contributed by atoms with Gasteiger partial charge in [0.05, 0.1) is 0 Å². The van der Waals surface area contributed by atoms with Gasteiger partial charge in [0.2, 0.25) is 0 Å². The molecule has 10 heavy (non-hydrogen) atoms. The van der Waals surface area contributed by atoms with Gasteiger partial charge in [0.1, 0.15) is 0 Å². The fourth-order valence-electron chi connectivity index (χ4n) is 0.199. The molecule has 4 unspecified atom stereocenters. The molecule has 0 spiro atoms. The SMILES string of the molecule is O=S(O)C(O)C(O)S(=O)O. The normalized spacial score (nSPS) is 23.2. The second-order valence-electron chi connectivity index (χ2n) is 1.33. The summed E-state index contributed by atoms with van der Waals surface area (Å²) in [6.07, 6.45) is 0. The highest BCUT2D eigenvalue weighted by Gasteiger charge is 2.26. The number of aliphatic hydroxyl groups excluding tert-OH is 2. The Balaban J connectivity index is 4.07. The van der Waals surface area contributed by atoms with Crippen LogP contribution < -0.4 is 0 Å². The molecule has 6 nitrogen and oxygen atoms in total. The maximum Gasteiger partial charge on any atom is 0.195 e. The monoisotopic (exact) mass is 190 g/mol. The molecule has 8 heteroatoms. The van der Waals surface area contributed by atoms with Crippen LogP contribution >= 0.6 is 0 Å². The van der Waals surface area contributed by atoms with E-state index in [9.17, 15) is 8.42 Å². The Morgan fingerprint density at radius 2 is 1.10 bits per heavy atom. The van der Waals surface area contributed by atoms with Crippen LogP contribution in [-0.4, -0.2) is 38.6 Å². The Bertz CT molecular complexity index is 138. The van der Waals surface area contributed by atoms with Crippen LogP contribution in [0, 0.1) is 0 Å². The van der Waals surface area contributed by atoms with Crippen molar-refractivity contribution < 1.29 is 27.7 Å². The van der Waals surface area contributed by atoms with E-state index in [-0.39, 0.29) is 0 Å². The summed E-state index contributed by atoms with van der Waals surface area (Å²) >= 11 is -5.42. The number of hydrogen-bond acceptors (Lipinski definition) is 4. The second kappa shape index (κ2) is 4.11. The lowest BCUT2D eigenvalue weighted by Crippen LogP contribution is -2.33. The molecule has 0 amide bonds. The van der Waals surface area contributed by atoms with Gasteiger partial charge >= 0.3 is 0 Å². The van der Waals surface area contributed by atoms with Crippen molar-refractivity contribution >= 4 is 22.2 Å². The Labute approximate surface area is 61.4 Å². The van der Waals surface area contributed by atoms with Gasteiger partial charge in [-0.2, -0.15) is 0 Å². The molecule has 0 aliphatic carbocycles. The Kier molecular flexibility index (Phi) is 4.17. The number of aliphatic hydroxyl groups is 2. The fourth-order valence-corrected chi connectivity index (χ4v) is 1.17. The maximum absolute atomic E-state index is 9.90. The van der Waals surface area contributed by atoms with E-state index in [1.54, 1.807) is 0 Å². The van der Waals surface area contributed by atoms with Gasteiger partial charge in [-0.25, -0.2) is 8.42 Å². The van der Waals surface area contributed by atoms with Gasteiger partial charge in [-0.15, -0.1) is 0 Å². The average molecular weight is 190 g/mol. The van der Waals surface area contributed by atoms with Crippen LogP contribution in [-0.2, 0) is 22.2 Å². The molecule has 0 heterocycles. The molecular formula is C2H6O6S2. The predicted octanol–water partition coefficient (Wildman–Crippen LogP) is -1.93. The van der Waals surface area contributed by atoms with Crippen molar-refractivity contribution in [3.63, 3.8) is 0 Å². The molecule has 0 aromatic heterocycles. The van der Waals surface area contributed by atoms with Crippen LogP contribution in [0.15, 0.2) is 0 Å². The van der Waals surface area contributed by atoms with E-state index in [2.05, 4.69) is 0 Å². The highest BCUT2D eigenvalue weighted by molar-refractivity contribution is 7.83. The van der Waals surface area contributed by atoms with Crippen molar-refractivity contribution in [2.24, 2.45) is 0 Å². The third-order valence-electron chi connectivity index (χ3n) is 0.657. The smallest absolute Gasteiger partial charge is 0.195 e. The van der Waals surface area contributed by atoms with Gasteiger partial charge in [-0.05, 0) is 0 Å². The van der Waals surface area contributed by atoms with Crippen molar-refractivity contribution in [2.45, 2.75) is 10.9 Å². The minimum Gasteiger partial charge on any atom is -0.374 e. The van der Waals surface area contributed by atoms with Crippen molar-refractivity contribution in [1.29, 1.82) is 0 Å². The van der Waals surface area contributed by atoms with Crippen molar-refractivity contribution in [2.75, 3.05) is 0 Å². The van der Waals surface area contributed by atoms with Crippen LogP contribution in [0.2, 0.25) is 0 Å². The first-order chi connectivity index (χ1) is 4.46. The van der Waals surface area contributed by atoms with Gasteiger partial charge in [-0.3, -0.25) is 0 Å². The van der Waals surface area contributed by atoms with Gasteiger partial charge in [0, 0.05) is 0 Å². The predicted molar refractivity (Wildman–Crippen MR) is 33.6 cm³/mol. The average Bonchev–Trinajstić information content (AvgIpc) is 1.84. The first kappa shape index (κ1) is 10.1. The molecule has 0 radical (unpaired) electrons. The Morgan fingerprint density at radius 1 is 0.900 bits per heavy atom. The van der Waals surface area contributed by atoms with E-state index < -0.39 is 33.0 Å². The minimum absolute atomic E-state index is 2.11. The summed E-state index contributed by atoms with van der Waals surface area (Å²) in [6, 6.07) is 0. The molecule has 0 aliphatic heterocycles. The molecule has 0 rings (SSSR count). The fraction of sp³-hybridized carbons (Fsp3) is 1.00. The third kappa shape index (κ3) is 2.82. The van der Waals surface area contributed by atoms with Gasteiger partial charge in [-0.1, -0.05) is 0 Å². The molecule has 0 aliphatic rings. The zero-order chi connectivity index (χ0) is 8.31. The molecule has 0 bridgehead atoms. The van der Waals surface area contributed by atoms with E-state index in [0.29, 0.717) is 0 Å². The van der Waals surface area contributed by atoms with E-state index in [1.807, 2.05) is 0 Å². The van der Waals surface area contributed by atoms with E-state index in [4.69, 9.17) is 19.3 Å².